The molecule has 0 fully saturated rings. The molecule has 0 aromatic heterocycles. The van der Waals surface area contributed by atoms with Gasteiger partial charge < -0.3 is 19.9 Å². The van der Waals surface area contributed by atoms with Crippen LogP contribution in [-0.2, 0) is 13.2 Å². The number of unbranched alkanes of at least 4 members (excludes halogenated alkanes) is 2. The van der Waals surface area contributed by atoms with Crippen molar-refractivity contribution in [2.75, 3.05) is 20.3 Å². The molecule has 0 aliphatic carbocycles. The van der Waals surface area contributed by atoms with E-state index >= 15 is 0 Å². The number of aliphatic hydroxyl groups is 1. The zero-order valence-corrected chi connectivity index (χ0v) is 17.7. The predicted molar refractivity (Wildman–Crippen MR) is 114 cm³/mol. The first-order valence-electron chi connectivity index (χ1n) is 8.69. The van der Waals surface area contributed by atoms with Crippen LogP contribution in [-0.4, -0.2) is 25.4 Å². The van der Waals surface area contributed by atoms with Gasteiger partial charge in [-0.2, -0.15) is 0 Å². The summed E-state index contributed by atoms with van der Waals surface area (Å²) in [6.07, 6.45) is 2.96. The third-order valence-corrected chi connectivity index (χ3v) is 4.69. The lowest BCUT2D eigenvalue weighted by atomic mass is 10.2. The molecule has 2 N–H and O–H groups in total. The molecule has 7 heteroatoms. The van der Waals surface area contributed by atoms with E-state index in [1.807, 2.05) is 24.3 Å². The number of nitrogens with one attached hydrogen (secondary N) is 1. The van der Waals surface area contributed by atoms with Gasteiger partial charge in [0, 0.05) is 13.2 Å². The Morgan fingerprint density at radius 2 is 1.70 bits per heavy atom. The van der Waals surface area contributed by atoms with Crippen molar-refractivity contribution in [2.24, 2.45) is 0 Å². The topological polar surface area (TPSA) is 50.7 Å². The molecule has 0 bridgehead atoms. The minimum absolute atomic E-state index is 0. The molecule has 2 rings (SSSR count). The van der Waals surface area contributed by atoms with Crippen LogP contribution in [0, 0.1) is 0 Å². The molecule has 150 valence electrons. The predicted octanol–water partition coefficient (Wildman–Crippen LogP) is 5.26. The highest BCUT2D eigenvalue weighted by Gasteiger charge is 2.07. The Balaban J connectivity index is 0.00000364. The smallest absolute Gasteiger partial charge is 0.161 e. The maximum atomic E-state index is 8.77. The molecule has 4 nitrogen and oxygen atoms in total. The van der Waals surface area contributed by atoms with E-state index < -0.39 is 0 Å². The van der Waals surface area contributed by atoms with Crippen molar-refractivity contribution in [3.05, 3.63) is 57.6 Å². The van der Waals surface area contributed by atoms with E-state index in [-0.39, 0.29) is 19.0 Å². The summed E-state index contributed by atoms with van der Waals surface area (Å²) in [5, 5.41) is 13.2. The summed E-state index contributed by atoms with van der Waals surface area (Å²) >= 11 is 12.0. The SMILES string of the molecule is COc1cc(CNCCCCCO)ccc1OCc1ccc(Cl)c(Cl)c1.Cl. The number of methoxy groups -OCH3 is 1. The molecule has 0 aliphatic heterocycles. The number of hydrogen-bond acceptors (Lipinski definition) is 4. The van der Waals surface area contributed by atoms with Crippen LogP contribution in [0.25, 0.3) is 0 Å². The van der Waals surface area contributed by atoms with Crippen molar-refractivity contribution in [2.45, 2.75) is 32.4 Å². The van der Waals surface area contributed by atoms with E-state index in [1.54, 1.807) is 19.2 Å². The van der Waals surface area contributed by atoms with Gasteiger partial charge in [0.2, 0.25) is 0 Å². The molecular formula is C20H26Cl3NO3. The third kappa shape index (κ3) is 8.16. The third-order valence-electron chi connectivity index (χ3n) is 3.95. The van der Waals surface area contributed by atoms with E-state index in [1.165, 1.54) is 0 Å². The average molecular weight is 435 g/mol. The van der Waals surface area contributed by atoms with Gasteiger partial charge in [0.25, 0.3) is 0 Å². The second-order valence-electron chi connectivity index (χ2n) is 5.98. The summed E-state index contributed by atoms with van der Waals surface area (Å²) in [6, 6.07) is 11.4. The van der Waals surface area contributed by atoms with Crippen LogP contribution in [0.3, 0.4) is 0 Å². The van der Waals surface area contributed by atoms with Gasteiger partial charge in [0.1, 0.15) is 6.61 Å². The Bertz CT molecular complexity index is 698. The Morgan fingerprint density at radius 3 is 2.41 bits per heavy atom. The van der Waals surface area contributed by atoms with E-state index in [0.717, 1.165) is 43.5 Å². The van der Waals surface area contributed by atoms with E-state index in [0.29, 0.717) is 28.2 Å². The lowest BCUT2D eigenvalue weighted by molar-refractivity contribution is 0.282. The average Bonchev–Trinajstić information content (AvgIpc) is 2.66. The van der Waals surface area contributed by atoms with Crippen LogP contribution >= 0.6 is 35.6 Å². The zero-order chi connectivity index (χ0) is 18.8. The molecule has 0 spiro atoms. The van der Waals surface area contributed by atoms with E-state index in [9.17, 15) is 0 Å². The number of hydrogen-bond donors (Lipinski definition) is 2. The van der Waals surface area contributed by atoms with Gasteiger partial charge in [0.15, 0.2) is 11.5 Å². The molecule has 0 saturated heterocycles. The van der Waals surface area contributed by atoms with Crippen LogP contribution < -0.4 is 14.8 Å². The van der Waals surface area contributed by atoms with Gasteiger partial charge in [-0.3, -0.25) is 0 Å². The number of ether oxygens (including phenoxy) is 2. The standard InChI is InChI=1S/C20H25Cl2NO3.ClH/c1-25-20-12-15(13-23-9-3-2-4-10-24)6-8-19(20)26-14-16-5-7-17(21)18(22)11-16;/h5-8,11-12,23-24H,2-4,9-10,13-14H2,1H3;1H. The van der Waals surface area contributed by atoms with Gasteiger partial charge in [-0.05, 0) is 61.2 Å². The maximum Gasteiger partial charge on any atom is 0.161 e. The van der Waals surface area contributed by atoms with Crippen LogP contribution in [0.4, 0.5) is 0 Å². The number of halogens is 3. The largest absolute Gasteiger partial charge is 0.493 e. The summed E-state index contributed by atoms with van der Waals surface area (Å²) < 4.78 is 11.3. The number of rotatable bonds is 11. The Morgan fingerprint density at radius 1 is 0.926 bits per heavy atom. The quantitative estimate of drug-likeness (QED) is 0.474. The van der Waals surface area contributed by atoms with Crippen LogP contribution in [0.5, 0.6) is 11.5 Å². The van der Waals surface area contributed by atoms with Crippen LogP contribution in [0.15, 0.2) is 36.4 Å². The lowest BCUT2D eigenvalue weighted by Crippen LogP contribution is -2.14. The van der Waals surface area contributed by atoms with Crippen molar-refractivity contribution in [1.82, 2.24) is 5.32 Å². The minimum atomic E-state index is 0. The fourth-order valence-corrected chi connectivity index (χ4v) is 2.82. The Kier molecular flexibility index (Phi) is 11.6. The molecule has 0 atom stereocenters. The summed E-state index contributed by atoms with van der Waals surface area (Å²) in [7, 11) is 1.63. The zero-order valence-electron chi connectivity index (χ0n) is 15.3. The summed E-state index contributed by atoms with van der Waals surface area (Å²) in [5.74, 6) is 1.38. The van der Waals surface area contributed by atoms with Crippen LogP contribution in [0.1, 0.15) is 30.4 Å². The fourth-order valence-electron chi connectivity index (χ4n) is 2.50. The summed E-state index contributed by atoms with van der Waals surface area (Å²) in [5.41, 5.74) is 2.07. The molecule has 27 heavy (non-hydrogen) atoms. The van der Waals surface area contributed by atoms with E-state index in [2.05, 4.69) is 5.32 Å². The molecule has 0 amide bonds. The molecule has 0 unspecified atom stereocenters. The second kappa shape index (κ2) is 13.1. The van der Waals surface area contributed by atoms with Crippen molar-refractivity contribution in [3.8, 4) is 11.5 Å². The highest BCUT2D eigenvalue weighted by molar-refractivity contribution is 6.42. The molecule has 0 saturated carbocycles. The highest BCUT2D eigenvalue weighted by atomic mass is 35.5. The second-order valence-corrected chi connectivity index (χ2v) is 6.80. The molecule has 2 aromatic carbocycles. The lowest BCUT2D eigenvalue weighted by Gasteiger charge is -2.13. The van der Waals surface area contributed by atoms with Gasteiger partial charge in [-0.15, -0.1) is 12.4 Å². The summed E-state index contributed by atoms with van der Waals surface area (Å²) in [6.45, 7) is 2.34. The molecule has 2 aromatic rings. The molecule has 0 radical (unpaired) electrons. The first-order chi connectivity index (χ1) is 12.6. The number of aliphatic hydroxyl groups excluding tert-OH is 1. The van der Waals surface area contributed by atoms with Crippen molar-refractivity contribution >= 4 is 35.6 Å². The van der Waals surface area contributed by atoms with Gasteiger partial charge in [0.05, 0.1) is 17.2 Å². The first kappa shape index (κ1) is 23.9. The Labute approximate surface area is 177 Å². The highest BCUT2D eigenvalue weighted by Crippen LogP contribution is 2.29. The number of benzene rings is 2. The normalized spacial score (nSPS) is 10.4. The van der Waals surface area contributed by atoms with Crippen LogP contribution in [0.2, 0.25) is 10.0 Å². The fraction of sp³-hybridized carbons (Fsp3) is 0.400. The molecule has 0 heterocycles. The van der Waals surface area contributed by atoms with Gasteiger partial charge >= 0.3 is 0 Å². The van der Waals surface area contributed by atoms with Crippen molar-refractivity contribution < 1.29 is 14.6 Å². The van der Waals surface area contributed by atoms with Crippen molar-refractivity contribution in [3.63, 3.8) is 0 Å². The van der Waals surface area contributed by atoms with E-state index in [4.69, 9.17) is 37.8 Å². The molecular weight excluding hydrogens is 409 g/mol. The van der Waals surface area contributed by atoms with Gasteiger partial charge in [-0.1, -0.05) is 35.3 Å². The maximum absolute atomic E-state index is 8.77. The Hall–Kier alpha value is -1.17. The van der Waals surface area contributed by atoms with Crippen molar-refractivity contribution in [1.29, 1.82) is 0 Å². The summed E-state index contributed by atoms with van der Waals surface area (Å²) in [4.78, 5) is 0. The first-order valence-corrected chi connectivity index (χ1v) is 9.45. The van der Waals surface area contributed by atoms with Gasteiger partial charge in [-0.25, -0.2) is 0 Å². The molecule has 0 aliphatic rings. The minimum Gasteiger partial charge on any atom is -0.493 e. The monoisotopic (exact) mass is 433 g/mol.